The molecule has 2 rings (SSSR count). The first-order valence-corrected chi connectivity index (χ1v) is 5.82. The van der Waals surface area contributed by atoms with E-state index in [0.717, 1.165) is 0 Å². The Morgan fingerprint density at radius 1 is 1.13 bits per heavy atom. The third-order valence-electron chi connectivity index (χ3n) is 3.42. The molecule has 1 N–H and O–H groups in total. The first kappa shape index (κ1) is 10.6. The normalized spacial score (nSPS) is 27.3. The fraction of sp³-hybridized carbons (Fsp3) is 0.538. The molecule has 2 atom stereocenters. The van der Waals surface area contributed by atoms with Crippen LogP contribution in [0.2, 0.25) is 0 Å². The number of rotatable bonds is 1. The molecule has 1 aliphatic heterocycles. The smallest absolute Gasteiger partial charge is 0.123 e. The van der Waals surface area contributed by atoms with Crippen molar-refractivity contribution in [2.24, 2.45) is 0 Å². The molecule has 0 aromatic heterocycles. The Morgan fingerprint density at radius 3 is 2.60 bits per heavy atom. The zero-order valence-corrected chi connectivity index (χ0v) is 9.30. The first-order valence-electron chi connectivity index (χ1n) is 5.82. The number of likely N-dealkylation sites (tertiary alicyclic amines) is 1. The zero-order valence-electron chi connectivity index (χ0n) is 9.30. The Bertz CT molecular complexity index is 307. The predicted molar refractivity (Wildman–Crippen MR) is 59.6 cm³/mol. The van der Waals surface area contributed by atoms with Gasteiger partial charge in [0.1, 0.15) is 5.82 Å². The lowest BCUT2D eigenvalue weighted by Gasteiger charge is -2.13. The van der Waals surface area contributed by atoms with Crippen molar-refractivity contribution in [3.8, 4) is 0 Å². The van der Waals surface area contributed by atoms with Crippen molar-refractivity contribution < 1.29 is 9.29 Å². The van der Waals surface area contributed by atoms with Gasteiger partial charge in [0.15, 0.2) is 0 Å². The molecule has 15 heavy (non-hydrogen) atoms. The molecule has 0 saturated carbocycles. The maximum Gasteiger partial charge on any atom is 0.123 e. The van der Waals surface area contributed by atoms with E-state index in [2.05, 4.69) is 7.05 Å². The lowest BCUT2D eigenvalue weighted by molar-refractivity contribution is -0.878. The summed E-state index contributed by atoms with van der Waals surface area (Å²) in [5.41, 5.74) is 1.31. The monoisotopic (exact) mass is 208 g/mol. The van der Waals surface area contributed by atoms with Crippen LogP contribution in [0.1, 0.15) is 30.7 Å². The lowest BCUT2D eigenvalue weighted by Crippen LogP contribution is -3.08. The minimum Gasteiger partial charge on any atom is -0.337 e. The lowest BCUT2D eigenvalue weighted by atomic mass is 9.92. The van der Waals surface area contributed by atoms with Crippen LogP contribution in [-0.4, -0.2) is 20.1 Å². The molecule has 1 aliphatic rings. The summed E-state index contributed by atoms with van der Waals surface area (Å²) >= 11 is 0. The Balaban J connectivity index is 2.06. The molecule has 1 heterocycles. The molecule has 0 bridgehead atoms. The van der Waals surface area contributed by atoms with Gasteiger partial charge in [0.25, 0.3) is 0 Å². The van der Waals surface area contributed by atoms with E-state index in [0.29, 0.717) is 5.92 Å². The van der Waals surface area contributed by atoms with Gasteiger partial charge in [-0.05, 0) is 36.5 Å². The van der Waals surface area contributed by atoms with Gasteiger partial charge in [-0.3, -0.25) is 0 Å². The molecule has 0 aliphatic carbocycles. The van der Waals surface area contributed by atoms with Crippen LogP contribution in [0.15, 0.2) is 24.3 Å². The molecule has 0 spiro atoms. The molecule has 1 saturated heterocycles. The van der Waals surface area contributed by atoms with Crippen molar-refractivity contribution in [1.82, 2.24) is 0 Å². The minimum atomic E-state index is -0.130. The SMILES string of the molecule is C[NH+]1CCCC(c2ccc(F)cc2)CC1. The van der Waals surface area contributed by atoms with Gasteiger partial charge >= 0.3 is 0 Å². The molecule has 0 amide bonds. The highest BCUT2D eigenvalue weighted by molar-refractivity contribution is 5.20. The van der Waals surface area contributed by atoms with E-state index in [1.165, 1.54) is 37.9 Å². The van der Waals surface area contributed by atoms with E-state index in [1.54, 1.807) is 17.0 Å². The van der Waals surface area contributed by atoms with Crippen LogP contribution in [0.3, 0.4) is 0 Å². The van der Waals surface area contributed by atoms with E-state index in [1.807, 2.05) is 12.1 Å². The molecule has 0 radical (unpaired) electrons. The second-order valence-electron chi connectivity index (χ2n) is 4.64. The molecular formula is C13H19FN+. The fourth-order valence-corrected chi connectivity index (χ4v) is 2.41. The third-order valence-corrected chi connectivity index (χ3v) is 3.42. The summed E-state index contributed by atoms with van der Waals surface area (Å²) in [5.74, 6) is 0.512. The van der Waals surface area contributed by atoms with Crippen molar-refractivity contribution in [1.29, 1.82) is 0 Å². The quantitative estimate of drug-likeness (QED) is 0.715. The van der Waals surface area contributed by atoms with Gasteiger partial charge in [-0.25, -0.2) is 4.39 Å². The summed E-state index contributed by atoms with van der Waals surface area (Å²) in [6.45, 7) is 2.51. The average molecular weight is 208 g/mol. The second-order valence-corrected chi connectivity index (χ2v) is 4.64. The minimum absolute atomic E-state index is 0.130. The van der Waals surface area contributed by atoms with E-state index in [-0.39, 0.29) is 5.82 Å². The van der Waals surface area contributed by atoms with Crippen LogP contribution in [0, 0.1) is 5.82 Å². The largest absolute Gasteiger partial charge is 0.337 e. The maximum atomic E-state index is 12.8. The van der Waals surface area contributed by atoms with Crippen LogP contribution >= 0.6 is 0 Å². The molecule has 1 aromatic carbocycles. The molecule has 2 heteroatoms. The molecule has 1 fully saturated rings. The maximum absolute atomic E-state index is 12.8. The van der Waals surface area contributed by atoms with Crippen molar-refractivity contribution in [3.63, 3.8) is 0 Å². The zero-order chi connectivity index (χ0) is 10.7. The molecule has 1 aromatic rings. The number of hydrogen-bond acceptors (Lipinski definition) is 0. The Labute approximate surface area is 90.9 Å². The van der Waals surface area contributed by atoms with Gasteiger partial charge in [-0.15, -0.1) is 0 Å². The van der Waals surface area contributed by atoms with Crippen molar-refractivity contribution in [3.05, 3.63) is 35.6 Å². The molecular weight excluding hydrogens is 189 g/mol. The van der Waals surface area contributed by atoms with Crippen LogP contribution < -0.4 is 4.90 Å². The van der Waals surface area contributed by atoms with Gasteiger partial charge in [0.2, 0.25) is 0 Å². The summed E-state index contributed by atoms with van der Waals surface area (Å²) in [7, 11) is 2.26. The highest BCUT2D eigenvalue weighted by atomic mass is 19.1. The molecule has 82 valence electrons. The van der Waals surface area contributed by atoms with Crippen molar-refractivity contribution in [2.75, 3.05) is 20.1 Å². The standard InChI is InChI=1S/C13H18FN/c1-15-9-2-3-11(8-10-15)12-4-6-13(14)7-5-12/h4-7,11H,2-3,8-10H2,1H3/p+1. The van der Waals surface area contributed by atoms with Crippen LogP contribution in [0.25, 0.3) is 0 Å². The van der Waals surface area contributed by atoms with Crippen molar-refractivity contribution >= 4 is 0 Å². The van der Waals surface area contributed by atoms with Gasteiger partial charge in [-0.1, -0.05) is 12.1 Å². The Morgan fingerprint density at radius 2 is 1.87 bits per heavy atom. The van der Waals surface area contributed by atoms with Crippen LogP contribution in [0.4, 0.5) is 4.39 Å². The Kier molecular flexibility index (Phi) is 3.37. The first-order chi connectivity index (χ1) is 7.25. The molecule has 2 unspecified atom stereocenters. The topological polar surface area (TPSA) is 4.44 Å². The summed E-state index contributed by atoms with van der Waals surface area (Å²) in [4.78, 5) is 1.62. The summed E-state index contributed by atoms with van der Waals surface area (Å²) in [6.07, 6.45) is 3.77. The van der Waals surface area contributed by atoms with Gasteiger partial charge in [0, 0.05) is 6.42 Å². The number of benzene rings is 1. The fourth-order valence-electron chi connectivity index (χ4n) is 2.41. The summed E-state index contributed by atoms with van der Waals surface area (Å²) < 4.78 is 12.8. The van der Waals surface area contributed by atoms with E-state index in [9.17, 15) is 4.39 Å². The summed E-state index contributed by atoms with van der Waals surface area (Å²) in [6, 6.07) is 7.05. The highest BCUT2D eigenvalue weighted by Crippen LogP contribution is 2.25. The van der Waals surface area contributed by atoms with E-state index >= 15 is 0 Å². The number of quaternary nitrogens is 1. The Hall–Kier alpha value is -0.890. The number of halogens is 1. The summed E-state index contributed by atoms with van der Waals surface area (Å²) in [5, 5.41) is 0. The van der Waals surface area contributed by atoms with Crippen LogP contribution in [-0.2, 0) is 0 Å². The third kappa shape index (κ3) is 2.78. The van der Waals surface area contributed by atoms with Gasteiger partial charge < -0.3 is 4.90 Å². The van der Waals surface area contributed by atoms with Gasteiger partial charge in [0.05, 0.1) is 20.1 Å². The number of hydrogen-bond donors (Lipinski definition) is 1. The van der Waals surface area contributed by atoms with Crippen molar-refractivity contribution in [2.45, 2.75) is 25.2 Å². The predicted octanol–water partition coefficient (Wildman–Crippen LogP) is 1.61. The molecule has 1 nitrogen and oxygen atoms in total. The highest BCUT2D eigenvalue weighted by Gasteiger charge is 2.18. The van der Waals surface area contributed by atoms with Crippen LogP contribution in [0.5, 0.6) is 0 Å². The second kappa shape index (κ2) is 4.75. The van der Waals surface area contributed by atoms with E-state index < -0.39 is 0 Å². The van der Waals surface area contributed by atoms with E-state index in [4.69, 9.17) is 0 Å². The average Bonchev–Trinajstić information content (AvgIpc) is 2.44. The van der Waals surface area contributed by atoms with Gasteiger partial charge in [-0.2, -0.15) is 0 Å². The number of nitrogens with one attached hydrogen (secondary N) is 1.